The first-order chi connectivity index (χ1) is 17.8. The molecular weight excluding hydrogens is 528 g/mol. The Morgan fingerprint density at radius 2 is 0.700 bits per heavy atom. The van der Waals surface area contributed by atoms with Gasteiger partial charge in [0.05, 0.1) is 35.6 Å². The maximum atomic E-state index is 9.95. The molecule has 2 fully saturated rings. The first-order valence-electron chi connectivity index (χ1n) is 13.8. The number of aliphatic hydroxyl groups is 6. The Balaban J connectivity index is 0.000000400. The zero-order valence-corrected chi connectivity index (χ0v) is 26.3. The number of hydrogen-bond acceptors (Lipinski definition) is 12. The molecule has 10 unspecified atom stereocenters. The molecule has 2 heterocycles. The Morgan fingerprint density at radius 3 is 0.925 bits per heavy atom. The van der Waals surface area contributed by atoms with Crippen LogP contribution in [0, 0.1) is 0 Å². The van der Waals surface area contributed by atoms with E-state index in [9.17, 15) is 30.6 Å². The molecule has 0 aromatic carbocycles. The van der Waals surface area contributed by atoms with E-state index in [0.717, 1.165) is 0 Å². The Morgan fingerprint density at radius 1 is 0.425 bits per heavy atom. The van der Waals surface area contributed by atoms with E-state index in [1.807, 2.05) is 83.1 Å². The second-order valence-electron chi connectivity index (χ2n) is 14.3. The van der Waals surface area contributed by atoms with Gasteiger partial charge in [-0.05, 0) is 83.1 Å². The molecular formula is C28H56O12. The fourth-order valence-corrected chi connectivity index (χ4v) is 3.66. The monoisotopic (exact) mass is 584 g/mol. The maximum Gasteiger partial charge on any atom is 0.187 e. The van der Waals surface area contributed by atoms with Crippen molar-refractivity contribution in [3.05, 3.63) is 0 Å². The van der Waals surface area contributed by atoms with Crippen molar-refractivity contribution in [3.8, 4) is 0 Å². The van der Waals surface area contributed by atoms with E-state index in [0.29, 0.717) is 0 Å². The average Bonchev–Trinajstić information content (AvgIpc) is 2.76. The van der Waals surface area contributed by atoms with E-state index in [2.05, 4.69) is 0 Å². The molecule has 240 valence electrons. The van der Waals surface area contributed by atoms with Crippen LogP contribution in [0.5, 0.6) is 0 Å². The molecule has 0 saturated carbocycles. The fraction of sp³-hybridized carbons (Fsp3) is 1.00. The lowest BCUT2D eigenvalue weighted by molar-refractivity contribution is -0.324. The second kappa shape index (κ2) is 14.3. The molecule has 0 aromatic heterocycles. The number of hydrogen-bond donors (Lipinski definition) is 6. The number of aliphatic hydroxyl groups excluding tert-OH is 6. The Hall–Kier alpha value is -0.480. The quantitative estimate of drug-likeness (QED) is 0.260. The number of ether oxygens (including phenoxy) is 6. The molecule has 10 atom stereocenters. The molecule has 2 aliphatic rings. The lowest BCUT2D eigenvalue weighted by atomic mass is 9.99. The highest BCUT2D eigenvalue weighted by molar-refractivity contribution is 4.91. The average molecular weight is 585 g/mol. The van der Waals surface area contributed by atoms with Gasteiger partial charge in [0.2, 0.25) is 0 Å². The van der Waals surface area contributed by atoms with Gasteiger partial charge >= 0.3 is 0 Å². The minimum atomic E-state index is -1.33. The fourth-order valence-electron chi connectivity index (χ4n) is 3.66. The van der Waals surface area contributed by atoms with Gasteiger partial charge in [-0.15, -0.1) is 0 Å². The third-order valence-electron chi connectivity index (χ3n) is 5.64. The van der Waals surface area contributed by atoms with Crippen molar-refractivity contribution >= 4 is 0 Å². The minimum Gasteiger partial charge on any atom is -0.387 e. The molecule has 0 amide bonds. The van der Waals surface area contributed by atoms with Gasteiger partial charge in [0.15, 0.2) is 12.6 Å². The van der Waals surface area contributed by atoms with Crippen LogP contribution in [0.25, 0.3) is 0 Å². The zero-order chi connectivity index (χ0) is 31.4. The van der Waals surface area contributed by atoms with Gasteiger partial charge in [0, 0.05) is 0 Å². The summed E-state index contributed by atoms with van der Waals surface area (Å²) in [7, 11) is 0. The summed E-state index contributed by atoms with van der Waals surface area (Å²) in [6.07, 6.45) is -11.2. The molecule has 6 N–H and O–H groups in total. The highest BCUT2D eigenvalue weighted by Gasteiger charge is 2.47. The smallest absolute Gasteiger partial charge is 0.187 e. The second-order valence-corrected chi connectivity index (χ2v) is 14.3. The molecule has 2 aliphatic heterocycles. The molecule has 0 aromatic rings. The van der Waals surface area contributed by atoms with Crippen LogP contribution >= 0.6 is 0 Å². The molecule has 0 radical (unpaired) electrons. The van der Waals surface area contributed by atoms with Crippen molar-refractivity contribution < 1.29 is 59.1 Å². The summed E-state index contributed by atoms with van der Waals surface area (Å²) in [4.78, 5) is 0. The van der Waals surface area contributed by atoms with Crippen molar-refractivity contribution in [2.24, 2.45) is 0 Å². The normalized spacial score (nSPS) is 36.1. The Bertz CT molecular complexity index is 670. The first kappa shape index (κ1) is 37.5. The summed E-state index contributed by atoms with van der Waals surface area (Å²) in [6.45, 7) is 22.5. The SMILES string of the molecule is CC(C)(C)OCC1OC(OC(C)(C)C)C(O)C(O)C1O.CC(C)(C)OCC1OC(OC(C)(C)C)C(O)C(O)C1O. The van der Waals surface area contributed by atoms with Crippen molar-refractivity contribution in [1.82, 2.24) is 0 Å². The van der Waals surface area contributed by atoms with Crippen molar-refractivity contribution in [3.63, 3.8) is 0 Å². The predicted molar refractivity (Wildman–Crippen MR) is 146 cm³/mol. The van der Waals surface area contributed by atoms with E-state index in [1.165, 1.54) is 0 Å². The first-order valence-corrected chi connectivity index (χ1v) is 13.8. The van der Waals surface area contributed by atoms with E-state index >= 15 is 0 Å². The van der Waals surface area contributed by atoms with E-state index < -0.39 is 72.6 Å². The Labute approximate surface area is 239 Å². The summed E-state index contributed by atoms with van der Waals surface area (Å²) in [5.74, 6) is 0. The van der Waals surface area contributed by atoms with E-state index in [4.69, 9.17) is 28.4 Å². The van der Waals surface area contributed by atoms with Crippen LogP contribution in [-0.4, -0.2) is 128 Å². The maximum absolute atomic E-state index is 9.95. The van der Waals surface area contributed by atoms with Crippen molar-refractivity contribution in [1.29, 1.82) is 0 Å². The van der Waals surface area contributed by atoms with Crippen LogP contribution < -0.4 is 0 Å². The lowest BCUT2D eigenvalue weighted by Gasteiger charge is -2.42. The summed E-state index contributed by atoms with van der Waals surface area (Å²) >= 11 is 0. The van der Waals surface area contributed by atoms with Gasteiger partial charge in [-0.1, -0.05) is 0 Å². The van der Waals surface area contributed by atoms with Crippen LogP contribution in [0.4, 0.5) is 0 Å². The molecule has 2 saturated heterocycles. The van der Waals surface area contributed by atoms with Gasteiger partial charge in [0.1, 0.15) is 48.8 Å². The van der Waals surface area contributed by atoms with Crippen LogP contribution in [0.15, 0.2) is 0 Å². The number of rotatable bonds is 6. The topological polar surface area (TPSA) is 177 Å². The highest BCUT2D eigenvalue weighted by Crippen LogP contribution is 2.28. The van der Waals surface area contributed by atoms with Gasteiger partial charge < -0.3 is 59.1 Å². The molecule has 0 aliphatic carbocycles. The van der Waals surface area contributed by atoms with Crippen LogP contribution in [0.2, 0.25) is 0 Å². The summed E-state index contributed by atoms with van der Waals surface area (Å²) in [5.41, 5.74) is -1.85. The third-order valence-corrected chi connectivity index (χ3v) is 5.64. The summed E-state index contributed by atoms with van der Waals surface area (Å²) < 4.78 is 33.4. The molecule has 0 bridgehead atoms. The molecule has 40 heavy (non-hydrogen) atoms. The van der Waals surface area contributed by atoms with Gasteiger partial charge in [-0.25, -0.2) is 0 Å². The van der Waals surface area contributed by atoms with Crippen molar-refractivity contribution in [2.75, 3.05) is 13.2 Å². The largest absolute Gasteiger partial charge is 0.387 e. The minimum absolute atomic E-state index is 0.110. The van der Waals surface area contributed by atoms with Crippen molar-refractivity contribution in [2.45, 2.75) is 167 Å². The summed E-state index contributed by atoms with van der Waals surface area (Å²) in [6, 6.07) is 0. The molecule has 2 rings (SSSR count). The van der Waals surface area contributed by atoms with Crippen LogP contribution in [0.3, 0.4) is 0 Å². The standard InChI is InChI=1S/2C14H28O6/c2*1-13(2,3)18-7-8-9(15)10(16)11(17)12(19-8)20-14(4,5)6/h2*8-12,15-17H,7H2,1-6H3. The zero-order valence-electron chi connectivity index (χ0n) is 26.3. The van der Waals surface area contributed by atoms with Crippen LogP contribution in [0.1, 0.15) is 83.1 Å². The molecule has 12 heteroatoms. The Kier molecular flexibility index (Phi) is 13.4. The molecule has 0 spiro atoms. The van der Waals surface area contributed by atoms with Gasteiger partial charge in [-0.3, -0.25) is 0 Å². The highest BCUT2D eigenvalue weighted by atomic mass is 16.7. The van der Waals surface area contributed by atoms with Gasteiger partial charge in [-0.2, -0.15) is 0 Å². The van der Waals surface area contributed by atoms with E-state index in [-0.39, 0.29) is 24.4 Å². The van der Waals surface area contributed by atoms with Crippen LogP contribution in [-0.2, 0) is 28.4 Å². The summed E-state index contributed by atoms with van der Waals surface area (Å²) in [5, 5.41) is 59.5. The predicted octanol–water partition coefficient (Wildman–Crippen LogP) is 0.848. The molecule has 12 nitrogen and oxygen atoms in total. The lowest BCUT2D eigenvalue weighted by Crippen LogP contribution is -2.60. The third kappa shape index (κ3) is 13.2. The van der Waals surface area contributed by atoms with Gasteiger partial charge in [0.25, 0.3) is 0 Å². The van der Waals surface area contributed by atoms with E-state index in [1.54, 1.807) is 0 Å².